The number of rotatable bonds is 2. The second-order valence-corrected chi connectivity index (χ2v) is 6.77. The molecular weight excluding hydrogens is 350 g/mol. The van der Waals surface area contributed by atoms with Crippen molar-refractivity contribution < 1.29 is 13.6 Å². The molecule has 2 heterocycles. The summed E-state index contributed by atoms with van der Waals surface area (Å²) in [4.78, 5) is 13.5. The highest BCUT2D eigenvalue weighted by molar-refractivity contribution is 9.11. The lowest BCUT2D eigenvalue weighted by Gasteiger charge is -2.16. The van der Waals surface area contributed by atoms with Crippen LogP contribution in [-0.4, -0.2) is 5.91 Å². The smallest absolute Gasteiger partial charge is 0.249 e. The number of carbonyl (C=O) groups excluding carboxylic acids is 1. The quantitative estimate of drug-likeness (QED) is 0.894. The molecule has 1 aliphatic heterocycles. The first-order valence-electron chi connectivity index (χ1n) is 5.76. The van der Waals surface area contributed by atoms with Gasteiger partial charge in [0.15, 0.2) is 0 Å². The Labute approximate surface area is 126 Å². The largest absolute Gasteiger partial charge is 0.316 e. The van der Waals surface area contributed by atoms with Crippen LogP contribution < -0.4 is 10.6 Å². The van der Waals surface area contributed by atoms with Crippen LogP contribution in [0.1, 0.15) is 17.2 Å². The number of carbonyl (C=O) groups is 1. The molecule has 104 valence electrons. The molecule has 3 rings (SSSR count). The zero-order valence-electron chi connectivity index (χ0n) is 10.1. The van der Waals surface area contributed by atoms with E-state index in [1.54, 1.807) is 0 Å². The minimum absolute atomic E-state index is 0.0608. The first kappa shape index (κ1) is 13.7. The highest BCUT2D eigenvalue weighted by atomic mass is 79.9. The van der Waals surface area contributed by atoms with E-state index in [4.69, 9.17) is 5.73 Å². The van der Waals surface area contributed by atoms with Gasteiger partial charge in [-0.25, -0.2) is 8.78 Å². The Hall–Kier alpha value is -1.31. The topological polar surface area (TPSA) is 46.3 Å². The molecule has 3 nitrogen and oxygen atoms in total. The van der Waals surface area contributed by atoms with Crippen molar-refractivity contribution in [3.8, 4) is 0 Å². The van der Waals surface area contributed by atoms with Gasteiger partial charge in [-0.1, -0.05) is 0 Å². The van der Waals surface area contributed by atoms with Gasteiger partial charge in [0.25, 0.3) is 0 Å². The molecule has 0 saturated heterocycles. The van der Waals surface area contributed by atoms with Crippen molar-refractivity contribution in [2.24, 2.45) is 5.73 Å². The standard InChI is InChI=1S/C13H9BrF2N2OS/c14-10-1-6(5-20-10)4-18-9-3-7(15)2-8(16)11(9)12(17)13(18)19/h1-3,5,12H,4,17H2. The summed E-state index contributed by atoms with van der Waals surface area (Å²) < 4.78 is 28.1. The summed E-state index contributed by atoms with van der Waals surface area (Å²) in [6, 6.07) is 2.67. The van der Waals surface area contributed by atoms with Crippen molar-refractivity contribution in [1.82, 2.24) is 0 Å². The van der Waals surface area contributed by atoms with Crippen molar-refractivity contribution in [1.29, 1.82) is 0 Å². The molecule has 1 atom stereocenters. The van der Waals surface area contributed by atoms with Gasteiger partial charge < -0.3 is 10.6 Å². The SMILES string of the molecule is NC1C(=O)N(Cc2csc(Br)c2)c2cc(F)cc(F)c21. The average Bonchev–Trinajstić information content (AvgIpc) is 2.87. The van der Waals surface area contributed by atoms with Crippen LogP contribution in [0, 0.1) is 11.6 Å². The van der Waals surface area contributed by atoms with Gasteiger partial charge in [0.2, 0.25) is 5.91 Å². The highest BCUT2D eigenvalue weighted by Crippen LogP contribution is 2.38. The number of nitrogens with two attached hydrogens (primary N) is 1. The number of amides is 1. The summed E-state index contributed by atoms with van der Waals surface area (Å²) in [6.45, 7) is 0.241. The molecule has 1 aromatic carbocycles. The maximum atomic E-state index is 13.8. The molecule has 20 heavy (non-hydrogen) atoms. The van der Waals surface area contributed by atoms with Crippen molar-refractivity contribution in [2.75, 3.05) is 4.90 Å². The van der Waals surface area contributed by atoms with Crippen LogP contribution in [-0.2, 0) is 11.3 Å². The summed E-state index contributed by atoms with van der Waals surface area (Å²) in [7, 11) is 0. The lowest BCUT2D eigenvalue weighted by Crippen LogP contribution is -2.31. The number of hydrogen-bond donors (Lipinski definition) is 1. The molecule has 0 bridgehead atoms. The lowest BCUT2D eigenvalue weighted by molar-refractivity contribution is -0.119. The number of benzene rings is 1. The Kier molecular flexibility index (Phi) is 3.35. The van der Waals surface area contributed by atoms with Gasteiger partial charge in [-0.15, -0.1) is 11.3 Å². The molecule has 1 aromatic heterocycles. The summed E-state index contributed by atoms with van der Waals surface area (Å²) in [5, 5.41) is 1.87. The zero-order chi connectivity index (χ0) is 14.4. The number of anilines is 1. The summed E-state index contributed by atoms with van der Waals surface area (Å²) in [5.41, 5.74) is 6.88. The zero-order valence-corrected chi connectivity index (χ0v) is 12.5. The van der Waals surface area contributed by atoms with Crippen molar-refractivity contribution >= 4 is 38.9 Å². The van der Waals surface area contributed by atoms with E-state index in [9.17, 15) is 13.6 Å². The molecule has 0 saturated carbocycles. The Balaban J connectivity index is 2.03. The predicted octanol–water partition coefficient (Wildman–Crippen LogP) is 3.34. The van der Waals surface area contributed by atoms with E-state index in [1.807, 2.05) is 11.4 Å². The van der Waals surface area contributed by atoms with Gasteiger partial charge in [0.05, 0.1) is 16.0 Å². The van der Waals surface area contributed by atoms with Crippen LogP contribution >= 0.6 is 27.3 Å². The molecule has 1 unspecified atom stereocenters. The Morgan fingerprint density at radius 1 is 1.35 bits per heavy atom. The van der Waals surface area contributed by atoms with Crippen LogP contribution in [0.15, 0.2) is 27.4 Å². The number of halogens is 3. The fraction of sp³-hybridized carbons (Fsp3) is 0.154. The van der Waals surface area contributed by atoms with E-state index in [2.05, 4.69) is 15.9 Å². The van der Waals surface area contributed by atoms with Crippen LogP contribution in [0.3, 0.4) is 0 Å². The molecule has 2 aromatic rings. The Morgan fingerprint density at radius 2 is 2.10 bits per heavy atom. The van der Waals surface area contributed by atoms with Gasteiger partial charge in [-0.3, -0.25) is 4.79 Å². The molecule has 0 aliphatic carbocycles. The fourth-order valence-electron chi connectivity index (χ4n) is 2.29. The van der Waals surface area contributed by atoms with E-state index in [0.717, 1.165) is 21.5 Å². The first-order chi connectivity index (χ1) is 9.47. The van der Waals surface area contributed by atoms with E-state index in [-0.39, 0.29) is 17.8 Å². The summed E-state index contributed by atoms with van der Waals surface area (Å²) >= 11 is 4.81. The third kappa shape index (κ3) is 2.15. The number of nitrogens with zero attached hydrogens (tertiary/aromatic N) is 1. The van der Waals surface area contributed by atoms with Crippen molar-refractivity contribution in [3.63, 3.8) is 0 Å². The lowest BCUT2D eigenvalue weighted by atomic mass is 10.1. The molecule has 1 amide bonds. The van der Waals surface area contributed by atoms with Crippen LogP contribution in [0.2, 0.25) is 0 Å². The Morgan fingerprint density at radius 3 is 2.75 bits per heavy atom. The van der Waals surface area contributed by atoms with E-state index < -0.39 is 23.6 Å². The molecule has 0 radical (unpaired) electrons. The van der Waals surface area contributed by atoms with Gasteiger partial charge in [-0.2, -0.15) is 0 Å². The molecule has 0 spiro atoms. The fourth-order valence-corrected chi connectivity index (χ4v) is 3.49. The van der Waals surface area contributed by atoms with Crippen LogP contribution in [0.4, 0.5) is 14.5 Å². The molecule has 7 heteroatoms. The van der Waals surface area contributed by atoms with Gasteiger partial charge in [0, 0.05) is 11.6 Å². The van der Waals surface area contributed by atoms with Crippen LogP contribution in [0.25, 0.3) is 0 Å². The maximum absolute atomic E-state index is 13.8. The third-order valence-electron chi connectivity index (χ3n) is 3.17. The van der Waals surface area contributed by atoms with Crippen molar-refractivity contribution in [3.05, 3.63) is 50.1 Å². The monoisotopic (exact) mass is 358 g/mol. The van der Waals surface area contributed by atoms with Crippen LogP contribution in [0.5, 0.6) is 0 Å². The number of hydrogen-bond acceptors (Lipinski definition) is 3. The average molecular weight is 359 g/mol. The molecule has 1 aliphatic rings. The van der Waals surface area contributed by atoms with E-state index >= 15 is 0 Å². The predicted molar refractivity (Wildman–Crippen MR) is 76.5 cm³/mol. The van der Waals surface area contributed by atoms with Gasteiger partial charge >= 0.3 is 0 Å². The van der Waals surface area contributed by atoms with E-state index in [0.29, 0.717) is 0 Å². The summed E-state index contributed by atoms with van der Waals surface area (Å²) in [6.07, 6.45) is 0. The molecular formula is C13H9BrF2N2OS. The second-order valence-electron chi connectivity index (χ2n) is 4.48. The van der Waals surface area contributed by atoms with E-state index in [1.165, 1.54) is 16.2 Å². The molecule has 2 N–H and O–H groups in total. The Bertz CT molecular complexity index is 704. The highest BCUT2D eigenvalue weighted by Gasteiger charge is 2.37. The maximum Gasteiger partial charge on any atom is 0.249 e. The molecule has 0 fully saturated rings. The normalized spacial score (nSPS) is 17.7. The number of thiophene rings is 1. The minimum atomic E-state index is -1.08. The van der Waals surface area contributed by atoms with Gasteiger partial charge in [-0.05, 0) is 39.0 Å². The van der Waals surface area contributed by atoms with Gasteiger partial charge in [0.1, 0.15) is 17.7 Å². The first-order valence-corrected chi connectivity index (χ1v) is 7.43. The number of fused-ring (bicyclic) bond motifs is 1. The van der Waals surface area contributed by atoms with Crippen molar-refractivity contribution in [2.45, 2.75) is 12.6 Å². The third-order valence-corrected chi connectivity index (χ3v) is 4.72. The second kappa shape index (κ2) is 4.91. The minimum Gasteiger partial charge on any atom is -0.316 e. The summed E-state index contributed by atoms with van der Waals surface area (Å²) in [5.74, 6) is -1.93.